The van der Waals surface area contributed by atoms with Crippen LogP contribution in [0, 0.1) is 5.82 Å². The van der Waals surface area contributed by atoms with Crippen molar-refractivity contribution in [1.82, 2.24) is 9.59 Å². The van der Waals surface area contributed by atoms with Gasteiger partial charge in [-0.1, -0.05) is 42.9 Å². The van der Waals surface area contributed by atoms with E-state index in [-0.39, 0.29) is 17.3 Å². The molecule has 1 unspecified atom stereocenters. The topological polar surface area (TPSA) is 51.8 Å². The molecule has 108 valence electrons. The molecule has 20 heavy (non-hydrogen) atoms. The van der Waals surface area contributed by atoms with Crippen molar-refractivity contribution in [2.45, 2.75) is 38.6 Å². The second-order valence-corrected chi connectivity index (χ2v) is 7.00. The zero-order chi connectivity index (χ0) is 14.9. The van der Waals surface area contributed by atoms with Gasteiger partial charge < -0.3 is 5.73 Å². The fourth-order valence-electron chi connectivity index (χ4n) is 1.98. The molecule has 0 aliphatic carbocycles. The van der Waals surface area contributed by atoms with Gasteiger partial charge in [-0.25, -0.2) is 4.39 Å². The molecule has 0 saturated heterocycles. The maximum absolute atomic E-state index is 13.8. The summed E-state index contributed by atoms with van der Waals surface area (Å²) in [5.74, 6) is -0.331. The SMILES string of the molecule is CC(C)(C)c1nnsc1C(N)Cc1ccc(Cl)cc1F. The second kappa shape index (κ2) is 5.76. The molecule has 2 rings (SSSR count). The molecular weight excluding hydrogens is 297 g/mol. The average molecular weight is 314 g/mol. The van der Waals surface area contributed by atoms with E-state index in [0.717, 1.165) is 10.6 Å². The Morgan fingerprint density at radius 2 is 2.10 bits per heavy atom. The third-order valence-corrected chi connectivity index (χ3v) is 4.11. The third kappa shape index (κ3) is 3.34. The Bertz CT molecular complexity index is 607. The summed E-state index contributed by atoms with van der Waals surface area (Å²) in [5.41, 5.74) is 7.51. The lowest BCUT2D eigenvalue weighted by atomic mass is 9.89. The molecule has 2 N–H and O–H groups in total. The lowest BCUT2D eigenvalue weighted by Gasteiger charge is -2.19. The predicted octanol–water partition coefficient (Wildman–Crippen LogP) is 3.87. The molecular formula is C14H17ClFN3S. The summed E-state index contributed by atoms with van der Waals surface area (Å²) in [4.78, 5) is 0.909. The van der Waals surface area contributed by atoms with E-state index in [1.165, 1.54) is 17.6 Å². The lowest BCUT2D eigenvalue weighted by Crippen LogP contribution is -2.20. The number of hydrogen-bond acceptors (Lipinski definition) is 4. The van der Waals surface area contributed by atoms with Gasteiger partial charge in [-0.15, -0.1) is 5.10 Å². The molecule has 0 fully saturated rings. The molecule has 1 aromatic heterocycles. The van der Waals surface area contributed by atoms with Gasteiger partial charge in [0.15, 0.2) is 0 Å². The van der Waals surface area contributed by atoms with Crippen molar-refractivity contribution in [2.75, 3.05) is 0 Å². The van der Waals surface area contributed by atoms with Gasteiger partial charge in [0.1, 0.15) is 5.82 Å². The Balaban J connectivity index is 2.25. The monoisotopic (exact) mass is 313 g/mol. The van der Waals surface area contributed by atoms with Gasteiger partial charge in [0, 0.05) is 16.5 Å². The van der Waals surface area contributed by atoms with Crippen molar-refractivity contribution in [3.63, 3.8) is 0 Å². The quantitative estimate of drug-likeness (QED) is 0.935. The van der Waals surface area contributed by atoms with Crippen molar-refractivity contribution >= 4 is 23.1 Å². The van der Waals surface area contributed by atoms with Crippen LogP contribution in [0.25, 0.3) is 0 Å². The maximum atomic E-state index is 13.8. The third-order valence-electron chi connectivity index (χ3n) is 3.02. The molecule has 2 aromatic rings. The van der Waals surface area contributed by atoms with Crippen molar-refractivity contribution in [3.8, 4) is 0 Å². The number of hydrogen-bond donors (Lipinski definition) is 1. The smallest absolute Gasteiger partial charge is 0.127 e. The van der Waals surface area contributed by atoms with Gasteiger partial charge in [0.25, 0.3) is 0 Å². The Labute approximate surface area is 127 Å². The predicted molar refractivity (Wildman–Crippen MR) is 80.7 cm³/mol. The molecule has 1 aromatic carbocycles. The van der Waals surface area contributed by atoms with E-state index < -0.39 is 0 Å². The van der Waals surface area contributed by atoms with Crippen LogP contribution in [0.1, 0.15) is 42.9 Å². The number of nitrogens with zero attached hydrogens (tertiary/aromatic N) is 2. The fourth-order valence-corrected chi connectivity index (χ4v) is 3.00. The van der Waals surface area contributed by atoms with E-state index in [9.17, 15) is 4.39 Å². The van der Waals surface area contributed by atoms with Crippen LogP contribution in [0.15, 0.2) is 18.2 Å². The number of rotatable bonds is 3. The summed E-state index contributed by atoms with van der Waals surface area (Å²) in [6, 6.07) is 4.32. The highest BCUT2D eigenvalue weighted by Crippen LogP contribution is 2.31. The molecule has 0 aliphatic rings. The van der Waals surface area contributed by atoms with Gasteiger partial charge >= 0.3 is 0 Å². The van der Waals surface area contributed by atoms with Crippen molar-refractivity contribution in [2.24, 2.45) is 5.73 Å². The fraction of sp³-hybridized carbons (Fsp3) is 0.429. The number of halogens is 2. The number of aromatic nitrogens is 2. The Morgan fingerprint density at radius 1 is 1.40 bits per heavy atom. The van der Waals surface area contributed by atoms with E-state index in [1.54, 1.807) is 12.1 Å². The van der Waals surface area contributed by atoms with Crippen molar-refractivity contribution < 1.29 is 4.39 Å². The van der Waals surface area contributed by atoms with Crippen LogP contribution in [0.5, 0.6) is 0 Å². The minimum absolute atomic E-state index is 0.126. The van der Waals surface area contributed by atoms with E-state index >= 15 is 0 Å². The molecule has 1 atom stereocenters. The summed E-state index contributed by atoms with van der Waals surface area (Å²) in [6.07, 6.45) is 0.399. The zero-order valence-electron chi connectivity index (χ0n) is 11.7. The zero-order valence-corrected chi connectivity index (χ0v) is 13.2. The molecule has 0 bridgehead atoms. The van der Waals surface area contributed by atoms with Gasteiger partial charge in [-0.05, 0) is 35.6 Å². The second-order valence-electron chi connectivity index (χ2n) is 5.78. The largest absolute Gasteiger partial charge is 0.323 e. The minimum Gasteiger partial charge on any atom is -0.323 e. The first-order valence-electron chi connectivity index (χ1n) is 6.31. The van der Waals surface area contributed by atoms with Crippen LogP contribution >= 0.6 is 23.1 Å². The lowest BCUT2D eigenvalue weighted by molar-refractivity contribution is 0.546. The van der Waals surface area contributed by atoms with Crippen LogP contribution < -0.4 is 5.73 Å². The van der Waals surface area contributed by atoms with Crippen LogP contribution in [-0.4, -0.2) is 9.59 Å². The van der Waals surface area contributed by atoms with Crippen LogP contribution in [0.4, 0.5) is 4.39 Å². The summed E-state index contributed by atoms with van der Waals surface area (Å²) < 4.78 is 17.8. The molecule has 1 heterocycles. The number of nitrogens with two attached hydrogens (primary N) is 1. The highest BCUT2D eigenvalue weighted by Gasteiger charge is 2.26. The highest BCUT2D eigenvalue weighted by atomic mass is 35.5. The summed E-state index contributed by atoms with van der Waals surface area (Å²) >= 11 is 7.03. The standard InChI is InChI=1S/C14H17ClFN3S/c1-14(2,3)13-12(20-19-18-13)11(17)6-8-4-5-9(15)7-10(8)16/h4-5,7,11H,6,17H2,1-3H3. The van der Waals surface area contributed by atoms with Crippen LogP contribution in [0.2, 0.25) is 5.02 Å². The first-order valence-corrected chi connectivity index (χ1v) is 7.46. The molecule has 3 nitrogen and oxygen atoms in total. The number of benzene rings is 1. The summed E-state index contributed by atoms with van der Waals surface area (Å²) in [5, 5.41) is 4.54. The van der Waals surface area contributed by atoms with Gasteiger partial charge in [-0.3, -0.25) is 0 Å². The maximum Gasteiger partial charge on any atom is 0.127 e. The van der Waals surface area contributed by atoms with Crippen LogP contribution in [-0.2, 0) is 11.8 Å². The molecule has 0 saturated carbocycles. The average Bonchev–Trinajstić information content (AvgIpc) is 2.81. The normalized spacial score (nSPS) is 13.5. The van der Waals surface area contributed by atoms with Gasteiger partial charge in [0.2, 0.25) is 0 Å². The minimum atomic E-state index is -0.331. The molecule has 0 aliphatic heterocycles. The van der Waals surface area contributed by atoms with Crippen molar-refractivity contribution in [1.29, 1.82) is 0 Å². The Kier molecular flexibility index (Phi) is 4.42. The first-order chi connectivity index (χ1) is 9.29. The van der Waals surface area contributed by atoms with Gasteiger partial charge in [-0.2, -0.15) is 0 Å². The molecule has 6 heteroatoms. The summed E-state index contributed by atoms with van der Waals surface area (Å²) in [7, 11) is 0. The van der Waals surface area contributed by atoms with E-state index in [2.05, 4.69) is 30.4 Å². The first kappa shape index (κ1) is 15.4. The summed E-state index contributed by atoms with van der Waals surface area (Å²) in [6.45, 7) is 6.18. The Hall–Kier alpha value is -1.04. The van der Waals surface area contributed by atoms with Gasteiger partial charge in [0.05, 0.1) is 10.6 Å². The Morgan fingerprint density at radius 3 is 2.70 bits per heavy atom. The highest BCUT2D eigenvalue weighted by molar-refractivity contribution is 7.05. The van der Waals surface area contributed by atoms with E-state index in [0.29, 0.717) is 17.0 Å². The molecule has 0 amide bonds. The van der Waals surface area contributed by atoms with Crippen molar-refractivity contribution in [3.05, 3.63) is 45.2 Å². The van der Waals surface area contributed by atoms with E-state index in [1.807, 2.05) is 0 Å². The van der Waals surface area contributed by atoms with E-state index in [4.69, 9.17) is 17.3 Å². The van der Waals surface area contributed by atoms with Crippen LogP contribution in [0.3, 0.4) is 0 Å². The molecule has 0 spiro atoms. The molecule has 0 radical (unpaired) electrons.